The molecule has 2 aromatic rings. The van der Waals surface area contributed by atoms with Gasteiger partial charge in [0.25, 0.3) is 5.91 Å². The number of carboxylic acid groups (broad SMARTS) is 1. The van der Waals surface area contributed by atoms with Gasteiger partial charge in [0.2, 0.25) is 0 Å². The van der Waals surface area contributed by atoms with Gasteiger partial charge >= 0.3 is 5.97 Å². The molecule has 102 valence electrons. The molecular weight excluding hydrogens is 301 g/mol. The van der Waals surface area contributed by atoms with Gasteiger partial charge in [-0.3, -0.25) is 4.79 Å². The average Bonchev–Trinajstić information content (AvgIpc) is 2.41. The van der Waals surface area contributed by atoms with Crippen LogP contribution in [0.3, 0.4) is 0 Å². The largest absolute Gasteiger partial charge is 0.478 e. The van der Waals surface area contributed by atoms with Crippen LogP contribution in [-0.2, 0) is 0 Å². The lowest BCUT2D eigenvalue weighted by Crippen LogP contribution is -2.13. The Balaban J connectivity index is 2.25. The summed E-state index contributed by atoms with van der Waals surface area (Å²) in [6, 6.07) is 10.6. The molecular formula is C14H9Cl2NO3. The van der Waals surface area contributed by atoms with Crippen molar-refractivity contribution in [1.29, 1.82) is 0 Å². The van der Waals surface area contributed by atoms with E-state index in [1.165, 1.54) is 18.2 Å². The summed E-state index contributed by atoms with van der Waals surface area (Å²) in [5.74, 6) is -1.50. The summed E-state index contributed by atoms with van der Waals surface area (Å²) >= 11 is 11.9. The fourth-order valence-electron chi connectivity index (χ4n) is 1.58. The van der Waals surface area contributed by atoms with Crippen LogP contribution in [0.4, 0.5) is 5.69 Å². The molecule has 0 atom stereocenters. The van der Waals surface area contributed by atoms with Crippen LogP contribution in [0, 0.1) is 0 Å². The van der Waals surface area contributed by atoms with E-state index >= 15 is 0 Å². The Morgan fingerprint density at radius 2 is 1.70 bits per heavy atom. The standard InChI is InChI=1S/C14H9Cl2NO3/c15-10-4-2-1-3-9(10)13(18)17-12-6-5-8(14(19)20)7-11(12)16/h1-7H,(H,17,18)(H,19,20). The van der Waals surface area contributed by atoms with Crippen molar-refractivity contribution in [2.75, 3.05) is 5.32 Å². The van der Waals surface area contributed by atoms with Gasteiger partial charge in [0.1, 0.15) is 0 Å². The highest BCUT2D eigenvalue weighted by molar-refractivity contribution is 6.36. The zero-order valence-electron chi connectivity index (χ0n) is 10.1. The Kier molecular flexibility index (Phi) is 4.27. The van der Waals surface area contributed by atoms with Gasteiger partial charge in [0, 0.05) is 0 Å². The Labute approximate surface area is 124 Å². The summed E-state index contributed by atoms with van der Waals surface area (Å²) < 4.78 is 0. The van der Waals surface area contributed by atoms with Gasteiger partial charge in [-0.15, -0.1) is 0 Å². The number of nitrogens with one attached hydrogen (secondary N) is 1. The Morgan fingerprint density at radius 1 is 1.00 bits per heavy atom. The van der Waals surface area contributed by atoms with Gasteiger partial charge in [0.05, 0.1) is 26.9 Å². The summed E-state index contributed by atoms with van der Waals surface area (Å²) in [5.41, 5.74) is 0.680. The van der Waals surface area contributed by atoms with E-state index in [1.54, 1.807) is 24.3 Å². The Bertz CT molecular complexity index is 686. The van der Waals surface area contributed by atoms with Gasteiger partial charge in [-0.2, -0.15) is 0 Å². The first-order valence-corrected chi connectivity index (χ1v) is 6.33. The van der Waals surface area contributed by atoms with Crippen molar-refractivity contribution in [3.8, 4) is 0 Å². The first-order valence-electron chi connectivity index (χ1n) is 5.58. The lowest BCUT2D eigenvalue weighted by Gasteiger charge is -2.08. The maximum Gasteiger partial charge on any atom is 0.335 e. The molecule has 20 heavy (non-hydrogen) atoms. The van der Waals surface area contributed by atoms with E-state index in [0.29, 0.717) is 16.3 Å². The topological polar surface area (TPSA) is 66.4 Å². The van der Waals surface area contributed by atoms with E-state index < -0.39 is 11.9 Å². The third kappa shape index (κ3) is 3.10. The van der Waals surface area contributed by atoms with Crippen LogP contribution >= 0.6 is 23.2 Å². The molecule has 2 N–H and O–H groups in total. The number of benzene rings is 2. The zero-order chi connectivity index (χ0) is 14.7. The van der Waals surface area contributed by atoms with Gasteiger partial charge in [-0.05, 0) is 30.3 Å². The minimum atomic E-state index is -1.09. The Hall–Kier alpha value is -2.04. The molecule has 0 unspecified atom stereocenters. The monoisotopic (exact) mass is 309 g/mol. The Morgan fingerprint density at radius 3 is 2.30 bits per heavy atom. The number of aromatic carboxylic acids is 1. The quantitative estimate of drug-likeness (QED) is 0.902. The van der Waals surface area contributed by atoms with E-state index in [0.717, 1.165) is 0 Å². The molecule has 0 aliphatic carbocycles. The third-order valence-corrected chi connectivity index (χ3v) is 3.23. The van der Waals surface area contributed by atoms with Crippen molar-refractivity contribution in [3.63, 3.8) is 0 Å². The first-order chi connectivity index (χ1) is 9.49. The third-order valence-electron chi connectivity index (χ3n) is 2.58. The predicted octanol–water partition coefficient (Wildman–Crippen LogP) is 3.94. The van der Waals surface area contributed by atoms with Crippen molar-refractivity contribution in [2.24, 2.45) is 0 Å². The summed E-state index contributed by atoms with van der Waals surface area (Å²) in [4.78, 5) is 22.8. The molecule has 2 rings (SSSR count). The molecule has 0 saturated carbocycles. The summed E-state index contributed by atoms with van der Waals surface area (Å²) in [5, 5.41) is 11.9. The van der Waals surface area contributed by atoms with Crippen LogP contribution < -0.4 is 5.32 Å². The van der Waals surface area contributed by atoms with Gasteiger partial charge in [-0.1, -0.05) is 35.3 Å². The molecule has 0 bridgehead atoms. The zero-order valence-corrected chi connectivity index (χ0v) is 11.6. The normalized spacial score (nSPS) is 10.1. The van der Waals surface area contributed by atoms with Crippen molar-refractivity contribution >= 4 is 40.8 Å². The first kappa shape index (κ1) is 14.4. The van der Waals surface area contributed by atoms with Crippen LogP contribution in [0.15, 0.2) is 42.5 Å². The van der Waals surface area contributed by atoms with Gasteiger partial charge < -0.3 is 10.4 Å². The molecule has 2 aromatic carbocycles. The number of halogens is 2. The van der Waals surface area contributed by atoms with E-state index in [1.807, 2.05) is 0 Å². The van der Waals surface area contributed by atoms with E-state index in [4.69, 9.17) is 28.3 Å². The van der Waals surface area contributed by atoms with Crippen LogP contribution in [0.1, 0.15) is 20.7 Å². The summed E-state index contributed by atoms with van der Waals surface area (Å²) in [7, 11) is 0. The van der Waals surface area contributed by atoms with Crippen LogP contribution in [-0.4, -0.2) is 17.0 Å². The molecule has 0 saturated heterocycles. The summed E-state index contributed by atoms with van der Waals surface area (Å²) in [6.07, 6.45) is 0. The number of amides is 1. The number of rotatable bonds is 3. The van der Waals surface area contributed by atoms with Crippen molar-refractivity contribution in [2.45, 2.75) is 0 Å². The van der Waals surface area contributed by atoms with Crippen LogP contribution in [0.25, 0.3) is 0 Å². The predicted molar refractivity (Wildman–Crippen MR) is 77.8 cm³/mol. The number of carbonyl (C=O) groups is 2. The molecule has 0 radical (unpaired) electrons. The molecule has 0 aliphatic rings. The van der Waals surface area contributed by atoms with E-state index in [2.05, 4.69) is 5.32 Å². The fourth-order valence-corrected chi connectivity index (χ4v) is 2.03. The van der Waals surface area contributed by atoms with Gasteiger partial charge in [-0.25, -0.2) is 4.79 Å². The van der Waals surface area contributed by atoms with Crippen LogP contribution in [0.2, 0.25) is 10.0 Å². The lowest BCUT2D eigenvalue weighted by molar-refractivity contribution is 0.0696. The second-order valence-corrected chi connectivity index (χ2v) is 4.75. The molecule has 6 heteroatoms. The van der Waals surface area contributed by atoms with Crippen molar-refractivity contribution in [1.82, 2.24) is 0 Å². The molecule has 1 amide bonds. The van der Waals surface area contributed by atoms with Crippen LogP contribution in [0.5, 0.6) is 0 Å². The smallest absolute Gasteiger partial charge is 0.335 e. The molecule has 0 heterocycles. The number of carbonyl (C=O) groups excluding carboxylic acids is 1. The highest BCUT2D eigenvalue weighted by Crippen LogP contribution is 2.24. The van der Waals surface area contributed by atoms with Crippen molar-refractivity contribution in [3.05, 3.63) is 63.6 Å². The maximum absolute atomic E-state index is 12.0. The highest BCUT2D eigenvalue weighted by atomic mass is 35.5. The lowest BCUT2D eigenvalue weighted by atomic mass is 10.2. The second kappa shape index (κ2) is 5.94. The molecule has 0 aliphatic heterocycles. The number of hydrogen-bond donors (Lipinski definition) is 2. The maximum atomic E-state index is 12.0. The SMILES string of the molecule is O=C(O)c1ccc(NC(=O)c2ccccc2Cl)c(Cl)c1. The molecule has 0 spiro atoms. The number of hydrogen-bond acceptors (Lipinski definition) is 2. The molecule has 0 fully saturated rings. The van der Waals surface area contributed by atoms with Crippen molar-refractivity contribution < 1.29 is 14.7 Å². The number of carboxylic acids is 1. The average molecular weight is 310 g/mol. The fraction of sp³-hybridized carbons (Fsp3) is 0. The summed E-state index contributed by atoms with van der Waals surface area (Å²) in [6.45, 7) is 0. The molecule has 0 aromatic heterocycles. The molecule has 4 nitrogen and oxygen atoms in total. The second-order valence-electron chi connectivity index (χ2n) is 3.93. The van der Waals surface area contributed by atoms with E-state index in [9.17, 15) is 9.59 Å². The number of anilines is 1. The highest BCUT2D eigenvalue weighted by Gasteiger charge is 2.13. The minimum absolute atomic E-state index is 0.0470. The van der Waals surface area contributed by atoms with Gasteiger partial charge in [0.15, 0.2) is 0 Å². The minimum Gasteiger partial charge on any atom is -0.478 e. The van der Waals surface area contributed by atoms with E-state index in [-0.39, 0.29) is 10.6 Å².